The van der Waals surface area contributed by atoms with Crippen LogP contribution in [0.2, 0.25) is 0 Å². The first-order chi connectivity index (χ1) is 11.1. The van der Waals surface area contributed by atoms with Gasteiger partial charge in [0.15, 0.2) is 5.96 Å². The lowest BCUT2D eigenvalue weighted by atomic mass is 9.67. The number of methoxy groups -OCH3 is 1. The predicted octanol–water partition coefficient (Wildman–Crippen LogP) is 3.02. The highest BCUT2D eigenvalue weighted by Gasteiger charge is 2.36. The lowest BCUT2D eigenvalue weighted by molar-refractivity contribution is 0.0732. The SMILES string of the molecule is CCNC(=NCc1sc(C)nc1C)NCC1(CCOC)CCC1. The Hall–Kier alpha value is -1.14. The van der Waals surface area contributed by atoms with Gasteiger partial charge in [-0.3, -0.25) is 0 Å². The number of hydrogen-bond acceptors (Lipinski definition) is 4. The summed E-state index contributed by atoms with van der Waals surface area (Å²) in [6.07, 6.45) is 5.04. The molecule has 0 bridgehead atoms. The molecule has 1 aliphatic carbocycles. The Morgan fingerprint density at radius 2 is 2.13 bits per heavy atom. The van der Waals surface area contributed by atoms with E-state index >= 15 is 0 Å². The number of nitrogens with one attached hydrogen (secondary N) is 2. The van der Waals surface area contributed by atoms with Crippen molar-refractivity contribution in [1.29, 1.82) is 0 Å². The van der Waals surface area contributed by atoms with Crippen LogP contribution in [0.15, 0.2) is 4.99 Å². The van der Waals surface area contributed by atoms with Crippen molar-refractivity contribution < 1.29 is 4.74 Å². The molecule has 130 valence electrons. The van der Waals surface area contributed by atoms with Gasteiger partial charge in [-0.25, -0.2) is 9.98 Å². The summed E-state index contributed by atoms with van der Waals surface area (Å²) in [4.78, 5) is 10.5. The summed E-state index contributed by atoms with van der Waals surface area (Å²) in [5, 5.41) is 7.99. The molecule has 23 heavy (non-hydrogen) atoms. The van der Waals surface area contributed by atoms with Crippen LogP contribution in [-0.4, -0.2) is 37.7 Å². The molecule has 0 aromatic carbocycles. The molecule has 6 heteroatoms. The minimum Gasteiger partial charge on any atom is -0.385 e. The third-order valence-corrected chi connectivity index (χ3v) is 5.66. The monoisotopic (exact) mass is 338 g/mol. The third-order valence-electron chi connectivity index (χ3n) is 4.61. The Morgan fingerprint density at radius 3 is 2.65 bits per heavy atom. The average molecular weight is 339 g/mol. The number of aromatic nitrogens is 1. The molecular weight excluding hydrogens is 308 g/mol. The molecule has 1 fully saturated rings. The number of nitrogens with zero attached hydrogens (tertiary/aromatic N) is 2. The first-order valence-electron chi connectivity index (χ1n) is 8.52. The summed E-state index contributed by atoms with van der Waals surface area (Å²) in [6, 6.07) is 0. The van der Waals surface area contributed by atoms with Crippen molar-refractivity contribution in [1.82, 2.24) is 15.6 Å². The highest BCUT2D eigenvalue weighted by Crippen LogP contribution is 2.43. The smallest absolute Gasteiger partial charge is 0.191 e. The maximum atomic E-state index is 5.27. The molecule has 2 N–H and O–H groups in total. The van der Waals surface area contributed by atoms with Gasteiger partial charge in [0.05, 0.1) is 17.2 Å². The zero-order valence-corrected chi connectivity index (χ0v) is 15.7. The highest BCUT2D eigenvalue weighted by molar-refractivity contribution is 7.11. The van der Waals surface area contributed by atoms with Crippen molar-refractivity contribution in [3.63, 3.8) is 0 Å². The molecule has 1 aliphatic rings. The maximum Gasteiger partial charge on any atom is 0.191 e. The van der Waals surface area contributed by atoms with Crippen LogP contribution in [0, 0.1) is 19.3 Å². The Balaban J connectivity index is 1.92. The zero-order valence-electron chi connectivity index (χ0n) is 14.9. The van der Waals surface area contributed by atoms with Crippen LogP contribution < -0.4 is 10.6 Å². The van der Waals surface area contributed by atoms with E-state index in [1.807, 2.05) is 6.92 Å². The van der Waals surface area contributed by atoms with E-state index in [0.717, 1.165) is 42.8 Å². The third kappa shape index (κ3) is 5.18. The van der Waals surface area contributed by atoms with Gasteiger partial charge in [0.2, 0.25) is 0 Å². The predicted molar refractivity (Wildman–Crippen MR) is 97.2 cm³/mol. The highest BCUT2D eigenvalue weighted by atomic mass is 32.1. The molecule has 0 unspecified atom stereocenters. The number of aryl methyl sites for hydroxylation is 2. The molecule has 0 spiro atoms. The van der Waals surface area contributed by atoms with Gasteiger partial charge in [0.1, 0.15) is 0 Å². The summed E-state index contributed by atoms with van der Waals surface area (Å²) in [5.74, 6) is 0.904. The van der Waals surface area contributed by atoms with Crippen LogP contribution in [0.25, 0.3) is 0 Å². The topological polar surface area (TPSA) is 58.5 Å². The van der Waals surface area contributed by atoms with Gasteiger partial charge in [0.25, 0.3) is 0 Å². The molecule has 1 heterocycles. The van der Waals surface area contributed by atoms with Crippen LogP contribution in [0.1, 0.15) is 48.2 Å². The standard InChI is InChI=1S/C17H30N4OS/c1-5-18-16(19-11-15-13(2)21-14(3)23-15)20-12-17(7-6-8-17)9-10-22-4/h5-12H2,1-4H3,(H2,18,19,20). The second kappa shape index (κ2) is 8.64. The first-order valence-corrected chi connectivity index (χ1v) is 9.34. The van der Waals surface area contributed by atoms with Crippen LogP contribution in [-0.2, 0) is 11.3 Å². The van der Waals surface area contributed by atoms with E-state index in [2.05, 4.69) is 29.5 Å². The van der Waals surface area contributed by atoms with Crippen molar-refractivity contribution in [3.8, 4) is 0 Å². The van der Waals surface area contributed by atoms with Crippen LogP contribution >= 0.6 is 11.3 Å². The first kappa shape index (κ1) is 18.2. The van der Waals surface area contributed by atoms with Gasteiger partial charge in [0, 0.05) is 31.7 Å². The molecule has 5 nitrogen and oxygen atoms in total. The molecule has 2 rings (SSSR count). The Labute approximate surface area is 144 Å². The molecular formula is C17H30N4OS. The van der Waals surface area contributed by atoms with Crippen molar-refractivity contribution >= 4 is 17.3 Å². The molecule has 0 radical (unpaired) electrons. The van der Waals surface area contributed by atoms with Gasteiger partial charge in [-0.05, 0) is 45.4 Å². The van der Waals surface area contributed by atoms with E-state index in [1.54, 1.807) is 18.4 Å². The molecule has 0 atom stereocenters. The number of aliphatic imine (C=N–C) groups is 1. The average Bonchev–Trinajstić information content (AvgIpc) is 2.81. The van der Waals surface area contributed by atoms with Crippen molar-refractivity contribution in [3.05, 3.63) is 15.6 Å². The van der Waals surface area contributed by atoms with Gasteiger partial charge in [-0.2, -0.15) is 0 Å². The second-order valence-corrected chi connectivity index (χ2v) is 7.67. The van der Waals surface area contributed by atoms with E-state index in [1.165, 1.54) is 24.1 Å². The van der Waals surface area contributed by atoms with Crippen LogP contribution in [0.3, 0.4) is 0 Å². The fourth-order valence-electron chi connectivity index (χ4n) is 2.99. The van der Waals surface area contributed by atoms with Crippen molar-refractivity contribution in [2.45, 2.75) is 53.0 Å². The second-order valence-electron chi connectivity index (χ2n) is 6.39. The quantitative estimate of drug-likeness (QED) is 0.565. The lowest BCUT2D eigenvalue weighted by Gasteiger charge is -2.42. The number of thiazole rings is 1. The molecule has 1 aromatic heterocycles. The van der Waals surface area contributed by atoms with Crippen LogP contribution in [0.4, 0.5) is 0 Å². The number of guanidine groups is 1. The van der Waals surface area contributed by atoms with Gasteiger partial charge < -0.3 is 15.4 Å². The molecule has 0 amide bonds. The van der Waals surface area contributed by atoms with Crippen LogP contribution in [0.5, 0.6) is 0 Å². The summed E-state index contributed by atoms with van der Waals surface area (Å²) in [5.41, 5.74) is 1.49. The number of rotatable bonds is 8. The van der Waals surface area contributed by atoms with Crippen molar-refractivity contribution in [2.75, 3.05) is 26.8 Å². The van der Waals surface area contributed by atoms with E-state index in [9.17, 15) is 0 Å². The number of ether oxygens (including phenoxy) is 1. The Kier molecular flexibility index (Phi) is 6.84. The summed E-state index contributed by atoms with van der Waals surface area (Å²) in [6.45, 7) is 9.59. The van der Waals surface area contributed by atoms with E-state index < -0.39 is 0 Å². The van der Waals surface area contributed by atoms with Gasteiger partial charge >= 0.3 is 0 Å². The maximum absolute atomic E-state index is 5.27. The van der Waals surface area contributed by atoms with E-state index in [4.69, 9.17) is 9.73 Å². The molecule has 0 saturated heterocycles. The van der Waals surface area contributed by atoms with Crippen molar-refractivity contribution in [2.24, 2.45) is 10.4 Å². The summed E-state index contributed by atoms with van der Waals surface area (Å²) >= 11 is 1.73. The van der Waals surface area contributed by atoms with Gasteiger partial charge in [-0.15, -0.1) is 11.3 Å². The normalized spacial score (nSPS) is 17.0. The van der Waals surface area contributed by atoms with Gasteiger partial charge in [-0.1, -0.05) is 6.42 Å². The zero-order chi connectivity index (χ0) is 16.7. The summed E-state index contributed by atoms with van der Waals surface area (Å²) in [7, 11) is 1.78. The molecule has 1 saturated carbocycles. The minimum absolute atomic E-state index is 0.392. The fraction of sp³-hybridized carbons (Fsp3) is 0.765. The summed E-state index contributed by atoms with van der Waals surface area (Å²) < 4.78 is 5.27. The molecule has 1 aromatic rings. The molecule has 0 aliphatic heterocycles. The Morgan fingerprint density at radius 1 is 1.35 bits per heavy atom. The lowest BCUT2D eigenvalue weighted by Crippen LogP contribution is -2.46. The van der Waals surface area contributed by atoms with E-state index in [-0.39, 0.29) is 0 Å². The Bertz CT molecular complexity index is 523. The number of hydrogen-bond donors (Lipinski definition) is 2. The van der Waals surface area contributed by atoms with E-state index in [0.29, 0.717) is 12.0 Å². The minimum atomic E-state index is 0.392. The fourth-order valence-corrected chi connectivity index (χ4v) is 3.86. The largest absolute Gasteiger partial charge is 0.385 e.